The van der Waals surface area contributed by atoms with Crippen LogP contribution in [0.4, 0.5) is 0 Å². The van der Waals surface area contributed by atoms with Crippen LogP contribution in [0.2, 0.25) is 0 Å². The van der Waals surface area contributed by atoms with Gasteiger partial charge in [0, 0.05) is 6.42 Å². The maximum Gasteiger partial charge on any atom is 0.220 e. The van der Waals surface area contributed by atoms with Crippen molar-refractivity contribution in [1.29, 1.82) is 0 Å². The van der Waals surface area contributed by atoms with Gasteiger partial charge in [-0.2, -0.15) is 0 Å². The van der Waals surface area contributed by atoms with Gasteiger partial charge in [0.25, 0.3) is 0 Å². The summed E-state index contributed by atoms with van der Waals surface area (Å²) in [6.45, 7) is 4.25. The number of allylic oxidation sites excluding steroid dienone is 6. The Bertz CT molecular complexity index is 866. The molecule has 0 aromatic carbocycles. The van der Waals surface area contributed by atoms with Crippen LogP contribution in [0.25, 0.3) is 0 Å². The third-order valence-corrected chi connectivity index (χ3v) is 11.9. The molecule has 0 fully saturated rings. The zero-order valence-corrected chi connectivity index (χ0v) is 38.6. The molecule has 4 nitrogen and oxygen atoms in total. The second-order valence-corrected chi connectivity index (χ2v) is 17.6. The summed E-state index contributed by atoms with van der Waals surface area (Å²) in [5, 5.41) is 23.2. The molecule has 2 unspecified atom stereocenters. The van der Waals surface area contributed by atoms with E-state index in [1.807, 2.05) is 0 Å². The minimum atomic E-state index is -0.672. The molecule has 57 heavy (non-hydrogen) atoms. The van der Waals surface area contributed by atoms with Crippen LogP contribution in [0.1, 0.15) is 277 Å². The first-order chi connectivity index (χ1) is 28.2. The summed E-state index contributed by atoms with van der Waals surface area (Å²) in [5.74, 6) is -0.0584. The highest BCUT2D eigenvalue weighted by Gasteiger charge is 2.20. The van der Waals surface area contributed by atoms with Crippen molar-refractivity contribution >= 4 is 5.91 Å². The van der Waals surface area contributed by atoms with E-state index in [4.69, 9.17) is 0 Å². The Kier molecular flexibility index (Phi) is 47.8. The fourth-order valence-electron chi connectivity index (χ4n) is 8.02. The van der Waals surface area contributed by atoms with Crippen LogP contribution >= 0.6 is 0 Å². The number of hydrogen-bond acceptors (Lipinski definition) is 3. The predicted octanol–water partition coefficient (Wildman–Crippen LogP) is 16.5. The van der Waals surface area contributed by atoms with Gasteiger partial charge in [0.15, 0.2) is 0 Å². The Hall–Kier alpha value is -1.39. The van der Waals surface area contributed by atoms with Gasteiger partial charge >= 0.3 is 0 Å². The normalized spacial score (nSPS) is 13.1. The van der Waals surface area contributed by atoms with Gasteiger partial charge in [-0.3, -0.25) is 4.79 Å². The molecule has 0 spiro atoms. The van der Waals surface area contributed by atoms with Crippen LogP contribution < -0.4 is 5.32 Å². The van der Waals surface area contributed by atoms with Crippen molar-refractivity contribution in [3.8, 4) is 0 Å². The van der Waals surface area contributed by atoms with Crippen molar-refractivity contribution in [3.63, 3.8) is 0 Å². The number of aliphatic hydroxyl groups is 2. The zero-order chi connectivity index (χ0) is 41.4. The van der Waals surface area contributed by atoms with E-state index in [0.29, 0.717) is 12.8 Å². The summed E-state index contributed by atoms with van der Waals surface area (Å²) >= 11 is 0. The number of amides is 1. The van der Waals surface area contributed by atoms with E-state index in [0.717, 1.165) is 57.8 Å². The molecule has 0 radical (unpaired) electrons. The summed E-state index contributed by atoms with van der Waals surface area (Å²) in [7, 11) is 0. The van der Waals surface area contributed by atoms with Crippen LogP contribution in [-0.2, 0) is 4.79 Å². The Labute approximate surface area is 357 Å². The number of hydrogen-bond donors (Lipinski definition) is 3. The predicted molar refractivity (Wildman–Crippen MR) is 253 cm³/mol. The monoisotopic (exact) mass is 800 g/mol. The van der Waals surface area contributed by atoms with Crippen molar-refractivity contribution in [2.24, 2.45) is 0 Å². The van der Waals surface area contributed by atoms with Crippen LogP contribution in [0.5, 0.6) is 0 Å². The Morgan fingerprint density at radius 3 is 1.14 bits per heavy atom. The first kappa shape index (κ1) is 55.6. The molecule has 0 saturated heterocycles. The molecule has 3 N–H and O–H groups in total. The highest BCUT2D eigenvalue weighted by molar-refractivity contribution is 5.76. The van der Waals surface area contributed by atoms with Crippen LogP contribution in [0.15, 0.2) is 36.5 Å². The number of carbonyl (C=O) groups excluding carboxylic acids is 1. The lowest BCUT2D eigenvalue weighted by Crippen LogP contribution is -2.45. The first-order valence-corrected chi connectivity index (χ1v) is 25.7. The summed E-state index contributed by atoms with van der Waals surface area (Å²) < 4.78 is 0. The molecule has 1 amide bonds. The molecule has 0 aliphatic carbocycles. The van der Waals surface area contributed by atoms with E-state index in [2.05, 4.69) is 55.6 Å². The van der Waals surface area contributed by atoms with E-state index >= 15 is 0 Å². The zero-order valence-electron chi connectivity index (χ0n) is 38.6. The number of nitrogens with one attached hydrogen (secondary N) is 1. The number of carbonyl (C=O) groups is 1. The van der Waals surface area contributed by atoms with Crippen molar-refractivity contribution in [1.82, 2.24) is 5.32 Å². The van der Waals surface area contributed by atoms with Crippen LogP contribution in [-0.4, -0.2) is 34.9 Å². The van der Waals surface area contributed by atoms with Crippen molar-refractivity contribution in [2.45, 2.75) is 289 Å². The Balaban J connectivity index is 3.40. The molecule has 0 aromatic rings. The standard InChI is InChI=1S/C53H101NO3/c1-3-5-7-9-11-13-15-17-18-19-20-21-22-23-24-25-26-27-28-29-30-31-32-33-34-35-37-38-40-42-44-46-48-52(56)51(50-55)54-53(57)49-47-45-43-41-39-36-16-14-12-10-8-6-4-2/h6,8,12,14,36,39,51-52,55-56H,3-5,7,9-11,13,15-35,37-38,40-50H2,1-2H3,(H,54,57)/b8-6-,14-12-,39-36-. The molecule has 0 rings (SSSR count). The highest BCUT2D eigenvalue weighted by Crippen LogP contribution is 2.17. The van der Waals surface area contributed by atoms with E-state index < -0.39 is 12.1 Å². The Morgan fingerprint density at radius 2 is 0.772 bits per heavy atom. The molecule has 0 heterocycles. The molecule has 0 aromatic heterocycles. The van der Waals surface area contributed by atoms with Gasteiger partial charge in [-0.05, 0) is 44.9 Å². The molecule has 2 atom stereocenters. The van der Waals surface area contributed by atoms with Crippen LogP contribution in [0.3, 0.4) is 0 Å². The number of aliphatic hydroxyl groups excluding tert-OH is 2. The van der Waals surface area contributed by atoms with E-state index in [1.165, 1.54) is 193 Å². The molecule has 0 bridgehead atoms. The first-order valence-electron chi connectivity index (χ1n) is 25.7. The van der Waals surface area contributed by atoms with Gasteiger partial charge in [0.05, 0.1) is 18.8 Å². The summed E-state index contributed by atoms with van der Waals surface area (Å²) in [6, 6.07) is -0.552. The maximum absolute atomic E-state index is 12.4. The molecule has 0 aliphatic rings. The molecular weight excluding hydrogens is 699 g/mol. The highest BCUT2D eigenvalue weighted by atomic mass is 16.3. The largest absolute Gasteiger partial charge is 0.394 e. The molecule has 0 aliphatic heterocycles. The van der Waals surface area contributed by atoms with E-state index in [1.54, 1.807) is 0 Å². The average molecular weight is 800 g/mol. The second kappa shape index (κ2) is 49.0. The molecule has 4 heteroatoms. The molecule has 336 valence electrons. The van der Waals surface area contributed by atoms with Gasteiger partial charge in [0.1, 0.15) is 0 Å². The fraction of sp³-hybridized carbons (Fsp3) is 0.868. The second-order valence-electron chi connectivity index (χ2n) is 17.6. The lowest BCUT2D eigenvalue weighted by molar-refractivity contribution is -0.123. The van der Waals surface area contributed by atoms with Gasteiger partial charge in [-0.15, -0.1) is 0 Å². The van der Waals surface area contributed by atoms with Gasteiger partial charge in [0.2, 0.25) is 5.91 Å². The van der Waals surface area contributed by atoms with Crippen molar-refractivity contribution in [2.75, 3.05) is 6.61 Å². The average Bonchev–Trinajstić information content (AvgIpc) is 3.22. The maximum atomic E-state index is 12.4. The summed E-state index contributed by atoms with van der Waals surface area (Å²) in [5.41, 5.74) is 0. The third-order valence-electron chi connectivity index (χ3n) is 11.9. The third kappa shape index (κ3) is 45.5. The number of unbranched alkanes of at least 4 members (excludes halogenated alkanes) is 34. The minimum Gasteiger partial charge on any atom is -0.394 e. The lowest BCUT2D eigenvalue weighted by Gasteiger charge is -2.22. The SMILES string of the molecule is CC/C=C\C/C=C\C/C=C\CCCCCC(=O)NC(CO)C(O)CCCCCCCCCCCCCCCCCCCCCCCCCCCCCCCCCC. The smallest absolute Gasteiger partial charge is 0.220 e. The summed E-state index contributed by atoms with van der Waals surface area (Å²) in [6.07, 6.45) is 65.6. The molecular formula is C53H101NO3. The quantitative estimate of drug-likeness (QED) is 0.0424. The van der Waals surface area contributed by atoms with Crippen molar-refractivity contribution < 1.29 is 15.0 Å². The van der Waals surface area contributed by atoms with Gasteiger partial charge in [-0.25, -0.2) is 0 Å². The van der Waals surface area contributed by atoms with E-state index in [-0.39, 0.29) is 12.5 Å². The fourth-order valence-corrected chi connectivity index (χ4v) is 8.02. The van der Waals surface area contributed by atoms with Gasteiger partial charge in [-0.1, -0.05) is 262 Å². The minimum absolute atomic E-state index is 0.0584. The topological polar surface area (TPSA) is 69.6 Å². The van der Waals surface area contributed by atoms with Crippen LogP contribution in [0, 0.1) is 0 Å². The number of rotatable bonds is 47. The van der Waals surface area contributed by atoms with E-state index in [9.17, 15) is 15.0 Å². The lowest BCUT2D eigenvalue weighted by atomic mass is 10.0. The summed E-state index contributed by atoms with van der Waals surface area (Å²) in [4.78, 5) is 12.4. The van der Waals surface area contributed by atoms with Crippen molar-refractivity contribution in [3.05, 3.63) is 36.5 Å². The molecule has 0 saturated carbocycles. The Morgan fingerprint density at radius 1 is 0.439 bits per heavy atom. The van der Waals surface area contributed by atoms with Gasteiger partial charge < -0.3 is 15.5 Å².